The summed E-state index contributed by atoms with van der Waals surface area (Å²) < 4.78 is 6.00. The molecule has 2 N–H and O–H groups in total. The molecule has 0 aliphatic heterocycles. The third-order valence-corrected chi connectivity index (χ3v) is 2.40. The first-order chi connectivity index (χ1) is 7.83. The number of hydrogen-bond donors (Lipinski definition) is 2. The molecule has 0 saturated heterocycles. The Bertz CT molecular complexity index is 297. The van der Waals surface area contributed by atoms with Crippen LogP contribution in [0.25, 0.3) is 0 Å². The molecule has 0 aliphatic rings. The molecule has 0 aliphatic carbocycles. The second kappa shape index (κ2) is 8.64. The van der Waals surface area contributed by atoms with Gasteiger partial charge in [-0.2, -0.15) is 0 Å². The monoisotopic (exact) mass is 288 g/mol. The zero-order chi connectivity index (χ0) is 11.6. The Morgan fingerprint density at radius 2 is 2.25 bits per heavy atom. The van der Waals surface area contributed by atoms with Gasteiger partial charge in [0, 0.05) is 13.2 Å². The first-order valence-electron chi connectivity index (χ1n) is 5.33. The summed E-state index contributed by atoms with van der Waals surface area (Å²) in [5.74, 6) is 0. The van der Waals surface area contributed by atoms with Crippen molar-refractivity contribution in [2.24, 2.45) is 0 Å². The van der Waals surface area contributed by atoms with Crippen LogP contribution in [0, 0.1) is 0 Å². The second-order valence-corrected chi connectivity index (χ2v) is 4.13. The number of aliphatic hydroxyl groups excluding tert-OH is 1. The Labute approximate surface area is 104 Å². The van der Waals surface area contributed by atoms with E-state index in [1.807, 2.05) is 18.2 Å². The largest absolute Gasteiger partial charge is 0.394 e. The van der Waals surface area contributed by atoms with Gasteiger partial charge in [-0.1, -0.05) is 6.07 Å². The number of aliphatic hydroxyl groups is 1. The smallest absolute Gasteiger partial charge is 0.106 e. The normalized spacial score (nSPS) is 10.6. The lowest BCUT2D eigenvalue weighted by molar-refractivity contribution is 0.0907. The summed E-state index contributed by atoms with van der Waals surface area (Å²) in [4.78, 5) is 4.31. The number of ether oxygens (including phenoxy) is 1. The summed E-state index contributed by atoms with van der Waals surface area (Å²) in [5, 5.41) is 11.8. The fourth-order valence-electron chi connectivity index (χ4n) is 1.23. The van der Waals surface area contributed by atoms with Gasteiger partial charge in [-0.15, -0.1) is 0 Å². The van der Waals surface area contributed by atoms with Crippen LogP contribution in [0.2, 0.25) is 0 Å². The number of rotatable bonds is 8. The molecule has 1 rings (SSSR count). The van der Waals surface area contributed by atoms with Crippen LogP contribution in [0.3, 0.4) is 0 Å². The molecule has 0 aromatic carbocycles. The molecule has 1 aromatic rings. The Morgan fingerprint density at radius 1 is 1.38 bits per heavy atom. The van der Waals surface area contributed by atoms with Crippen molar-refractivity contribution in [1.29, 1.82) is 0 Å². The number of nitrogens with zero attached hydrogens (tertiary/aromatic N) is 1. The van der Waals surface area contributed by atoms with Crippen molar-refractivity contribution < 1.29 is 9.84 Å². The van der Waals surface area contributed by atoms with Crippen molar-refractivity contribution in [1.82, 2.24) is 10.3 Å². The molecule has 0 bridgehead atoms. The third-order valence-electron chi connectivity index (χ3n) is 1.96. The summed E-state index contributed by atoms with van der Waals surface area (Å²) in [6.45, 7) is 2.85. The summed E-state index contributed by atoms with van der Waals surface area (Å²) in [7, 11) is 0. The molecule has 0 fully saturated rings. The number of halogens is 1. The van der Waals surface area contributed by atoms with Crippen LogP contribution in [0.4, 0.5) is 0 Å². The van der Waals surface area contributed by atoms with Crippen molar-refractivity contribution in [2.45, 2.75) is 13.0 Å². The van der Waals surface area contributed by atoms with E-state index in [1.165, 1.54) is 0 Å². The lowest BCUT2D eigenvalue weighted by Crippen LogP contribution is -2.17. The molecule has 16 heavy (non-hydrogen) atoms. The fraction of sp³-hybridized carbons (Fsp3) is 0.545. The molecule has 0 spiro atoms. The van der Waals surface area contributed by atoms with E-state index in [2.05, 4.69) is 26.2 Å². The van der Waals surface area contributed by atoms with Gasteiger partial charge in [-0.25, -0.2) is 4.98 Å². The number of aromatic nitrogens is 1. The summed E-state index contributed by atoms with van der Waals surface area (Å²) in [6, 6.07) is 5.87. The van der Waals surface area contributed by atoms with E-state index >= 15 is 0 Å². The maximum absolute atomic E-state index is 8.49. The predicted molar refractivity (Wildman–Crippen MR) is 66.2 cm³/mol. The minimum Gasteiger partial charge on any atom is -0.394 e. The topological polar surface area (TPSA) is 54.4 Å². The molecule has 4 nitrogen and oxygen atoms in total. The van der Waals surface area contributed by atoms with Crippen LogP contribution in [0.1, 0.15) is 12.1 Å². The minimum atomic E-state index is 0.0926. The maximum atomic E-state index is 8.49. The van der Waals surface area contributed by atoms with E-state index in [9.17, 15) is 0 Å². The molecule has 0 amide bonds. The number of hydrogen-bond acceptors (Lipinski definition) is 4. The highest BCUT2D eigenvalue weighted by Crippen LogP contribution is 2.05. The highest BCUT2D eigenvalue weighted by atomic mass is 79.9. The van der Waals surface area contributed by atoms with Crippen LogP contribution < -0.4 is 5.32 Å². The molecule has 5 heteroatoms. The van der Waals surface area contributed by atoms with Crippen molar-refractivity contribution in [2.75, 3.05) is 26.4 Å². The SMILES string of the molecule is OCCOCCCNCc1cccc(Br)n1. The molecule has 0 radical (unpaired) electrons. The van der Waals surface area contributed by atoms with Gasteiger partial charge in [0.05, 0.1) is 18.9 Å². The molecular weight excluding hydrogens is 272 g/mol. The Balaban J connectivity index is 2.03. The van der Waals surface area contributed by atoms with Gasteiger partial charge < -0.3 is 15.2 Å². The van der Waals surface area contributed by atoms with E-state index in [1.54, 1.807) is 0 Å². The first-order valence-corrected chi connectivity index (χ1v) is 6.13. The van der Waals surface area contributed by atoms with Crippen LogP contribution >= 0.6 is 15.9 Å². The second-order valence-electron chi connectivity index (χ2n) is 3.32. The van der Waals surface area contributed by atoms with E-state index < -0.39 is 0 Å². The van der Waals surface area contributed by atoms with Crippen molar-refractivity contribution >= 4 is 15.9 Å². The average Bonchev–Trinajstić information content (AvgIpc) is 2.28. The number of pyridine rings is 1. The van der Waals surface area contributed by atoms with Gasteiger partial charge in [0.2, 0.25) is 0 Å². The summed E-state index contributed by atoms with van der Waals surface area (Å²) in [6.07, 6.45) is 0.938. The van der Waals surface area contributed by atoms with Gasteiger partial charge in [0.15, 0.2) is 0 Å². The van der Waals surface area contributed by atoms with Crippen molar-refractivity contribution in [3.63, 3.8) is 0 Å². The quantitative estimate of drug-likeness (QED) is 0.560. The highest BCUT2D eigenvalue weighted by molar-refractivity contribution is 9.10. The van der Waals surface area contributed by atoms with E-state index in [0.717, 1.165) is 29.8 Å². The van der Waals surface area contributed by atoms with Gasteiger partial charge in [0.1, 0.15) is 4.60 Å². The molecule has 0 saturated carbocycles. The molecule has 90 valence electrons. The number of nitrogens with one attached hydrogen (secondary N) is 1. The zero-order valence-electron chi connectivity index (χ0n) is 9.16. The first kappa shape index (κ1) is 13.6. The van der Waals surface area contributed by atoms with Crippen molar-refractivity contribution in [3.05, 3.63) is 28.5 Å². The zero-order valence-corrected chi connectivity index (χ0v) is 10.7. The van der Waals surface area contributed by atoms with Crippen LogP contribution in [0.5, 0.6) is 0 Å². The van der Waals surface area contributed by atoms with E-state index in [0.29, 0.717) is 13.2 Å². The standard InChI is InChI=1S/C11H17BrN2O2/c12-11-4-1-3-10(14-11)9-13-5-2-7-16-8-6-15/h1,3-4,13,15H,2,5-9H2. The highest BCUT2D eigenvalue weighted by Gasteiger charge is 1.95. The van der Waals surface area contributed by atoms with Gasteiger partial charge >= 0.3 is 0 Å². The molecule has 1 aromatic heterocycles. The Kier molecular flexibility index (Phi) is 7.33. The summed E-state index contributed by atoms with van der Waals surface area (Å²) >= 11 is 3.33. The van der Waals surface area contributed by atoms with E-state index in [4.69, 9.17) is 9.84 Å². The maximum Gasteiger partial charge on any atom is 0.106 e. The van der Waals surface area contributed by atoms with Gasteiger partial charge in [-0.05, 0) is 41.0 Å². The van der Waals surface area contributed by atoms with Crippen LogP contribution in [-0.4, -0.2) is 36.5 Å². The molecule has 0 unspecified atom stereocenters. The third kappa shape index (κ3) is 6.17. The molecule has 1 heterocycles. The lowest BCUT2D eigenvalue weighted by Gasteiger charge is -2.05. The molecule has 0 atom stereocenters. The van der Waals surface area contributed by atoms with Crippen molar-refractivity contribution in [3.8, 4) is 0 Å². The van der Waals surface area contributed by atoms with Gasteiger partial charge in [-0.3, -0.25) is 0 Å². The lowest BCUT2D eigenvalue weighted by atomic mass is 10.3. The summed E-state index contributed by atoms with van der Waals surface area (Å²) in [5.41, 5.74) is 1.02. The van der Waals surface area contributed by atoms with E-state index in [-0.39, 0.29) is 6.61 Å². The van der Waals surface area contributed by atoms with Gasteiger partial charge in [0.25, 0.3) is 0 Å². The molecular formula is C11H17BrN2O2. The Hall–Kier alpha value is -0.490. The fourth-order valence-corrected chi connectivity index (χ4v) is 1.61. The van der Waals surface area contributed by atoms with Crippen LogP contribution in [-0.2, 0) is 11.3 Å². The van der Waals surface area contributed by atoms with Crippen LogP contribution in [0.15, 0.2) is 22.8 Å². The Morgan fingerprint density at radius 3 is 3.00 bits per heavy atom. The minimum absolute atomic E-state index is 0.0926. The predicted octanol–water partition coefficient (Wildman–Crippen LogP) is 1.33. The average molecular weight is 289 g/mol.